The van der Waals surface area contributed by atoms with Gasteiger partial charge in [0.15, 0.2) is 0 Å². The van der Waals surface area contributed by atoms with Crippen molar-refractivity contribution in [1.82, 2.24) is 0 Å². The number of carbonyl (C=O) groups excluding carboxylic acids is 1. The van der Waals surface area contributed by atoms with Crippen LogP contribution < -0.4 is 11.1 Å². The number of benzene rings is 3. The summed E-state index contributed by atoms with van der Waals surface area (Å²) in [6, 6.07) is 21.5. The van der Waals surface area contributed by atoms with Gasteiger partial charge in [0.25, 0.3) is 0 Å². The molecule has 1 unspecified atom stereocenters. The van der Waals surface area contributed by atoms with Gasteiger partial charge in [-0.25, -0.2) is 0 Å². The van der Waals surface area contributed by atoms with Gasteiger partial charge in [0, 0.05) is 21.7 Å². The van der Waals surface area contributed by atoms with Crippen LogP contribution in [-0.2, 0) is 4.79 Å². The molecule has 1 amide bonds. The maximum atomic E-state index is 12.5. The van der Waals surface area contributed by atoms with Gasteiger partial charge in [-0.3, -0.25) is 4.79 Å². The first-order valence-electron chi connectivity index (χ1n) is 7.44. The summed E-state index contributed by atoms with van der Waals surface area (Å²) in [5, 5.41) is 4.97. The number of nitrogens with two attached hydrogens (primary N) is 1. The first-order valence-corrected chi connectivity index (χ1v) is 8.32. The number of carbonyl (C=O) groups is 1. The molecule has 0 aromatic heterocycles. The Bertz CT molecular complexity index is 842. The zero-order valence-electron chi connectivity index (χ0n) is 12.8. The SMILES string of the molecule is CC(Sc1cccc(N)c1)C(=O)Nc1cccc2ccccc12. The standard InChI is InChI=1S/C19H18N2OS/c1-13(23-16-9-5-8-15(20)12-16)19(22)21-18-11-4-7-14-6-2-3-10-17(14)18/h2-13H,20H2,1H3,(H,21,22). The first kappa shape index (κ1) is 15.4. The molecule has 0 heterocycles. The summed E-state index contributed by atoms with van der Waals surface area (Å²) >= 11 is 1.50. The van der Waals surface area contributed by atoms with Crippen LogP contribution in [0.2, 0.25) is 0 Å². The zero-order chi connectivity index (χ0) is 16.2. The van der Waals surface area contributed by atoms with Crippen molar-refractivity contribution in [1.29, 1.82) is 0 Å². The smallest absolute Gasteiger partial charge is 0.237 e. The lowest BCUT2D eigenvalue weighted by molar-refractivity contribution is -0.115. The molecule has 0 bridgehead atoms. The normalized spacial score (nSPS) is 12.0. The largest absolute Gasteiger partial charge is 0.399 e. The van der Waals surface area contributed by atoms with E-state index in [4.69, 9.17) is 5.73 Å². The molecule has 3 rings (SSSR count). The van der Waals surface area contributed by atoms with Gasteiger partial charge < -0.3 is 11.1 Å². The van der Waals surface area contributed by atoms with Gasteiger partial charge in [-0.05, 0) is 36.6 Å². The Labute approximate surface area is 139 Å². The van der Waals surface area contributed by atoms with E-state index in [-0.39, 0.29) is 11.2 Å². The number of nitrogens with one attached hydrogen (secondary N) is 1. The highest BCUT2D eigenvalue weighted by Gasteiger charge is 2.15. The molecule has 0 aliphatic carbocycles. The van der Waals surface area contributed by atoms with E-state index in [0.717, 1.165) is 21.4 Å². The number of nitrogen functional groups attached to an aromatic ring is 1. The Morgan fingerprint density at radius 1 is 1.04 bits per heavy atom. The van der Waals surface area contributed by atoms with E-state index >= 15 is 0 Å². The molecule has 3 nitrogen and oxygen atoms in total. The van der Waals surface area contributed by atoms with Crippen molar-refractivity contribution in [2.75, 3.05) is 11.1 Å². The van der Waals surface area contributed by atoms with Crippen molar-refractivity contribution in [2.45, 2.75) is 17.1 Å². The molecule has 3 N–H and O–H groups in total. The highest BCUT2D eigenvalue weighted by Crippen LogP contribution is 2.27. The van der Waals surface area contributed by atoms with Crippen molar-refractivity contribution in [2.24, 2.45) is 0 Å². The first-order chi connectivity index (χ1) is 11.1. The minimum Gasteiger partial charge on any atom is -0.399 e. The van der Waals surface area contributed by atoms with Gasteiger partial charge in [-0.1, -0.05) is 42.5 Å². The third kappa shape index (κ3) is 3.66. The lowest BCUT2D eigenvalue weighted by Gasteiger charge is -2.14. The number of thioether (sulfide) groups is 1. The topological polar surface area (TPSA) is 55.1 Å². The van der Waals surface area contributed by atoms with Gasteiger partial charge in [0.05, 0.1) is 5.25 Å². The van der Waals surface area contributed by atoms with Gasteiger partial charge in [-0.2, -0.15) is 0 Å². The average Bonchev–Trinajstić information content (AvgIpc) is 2.55. The van der Waals surface area contributed by atoms with Crippen LogP contribution in [0.4, 0.5) is 11.4 Å². The number of anilines is 2. The molecule has 4 heteroatoms. The van der Waals surface area contributed by atoms with E-state index < -0.39 is 0 Å². The molecule has 0 aliphatic heterocycles. The van der Waals surface area contributed by atoms with Crippen molar-refractivity contribution in [3.05, 3.63) is 66.7 Å². The molecular weight excluding hydrogens is 304 g/mol. The minimum absolute atomic E-state index is 0.0197. The second-order valence-electron chi connectivity index (χ2n) is 5.35. The van der Waals surface area contributed by atoms with Crippen LogP contribution >= 0.6 is 11.8 Å². The average molecular weight is 322 g/mol. The Kier molecular flexibility index (Phi) is 4.53. The molecule has 3 aromatic carbocycles. The highest BCUT2D eigenvalue weighted by atomic mass is 32.2. The van der Waals surface area contributed by atoms with E-state index in [0.29, 0.717) is 5.69 Å². The van der Waals surface area contributed by atoms with Crippen LogP contribution in [-0.4, -0.2) is 11.2 Å². The molecule has 0 fully saturated rings. The molecule has 116 valence electrons. The summed E-state index contributed by atoms with van der Waals surface area (Å²) < 4.78 is 0. The Morgan fingerprint density at radius 3 is 2.61 bits per heavy atom. The zero-order valence-corrected chi connectivity index (χ0v) is 13.6. The Balaban J connectivity index is 1.75. The summed E-state index contributed by atoms with van der Waals surface area (Å²) in [7, 11) is 0. The van der Waals surface area contributed by atoms with Crippen LogP contribution in [0.1, 0.15) is 6.92 Å². The maximum absolute atomic E-state index is 12.5. The lowest BCUT2D eigenvalue weighted by Crippen LogP contribution is -2.22. The van der Waals surface area contributed by atoms with E-state index in [1.54, 1.807) is 0 Å². The monoisotopic (exact) mass is 322 g/mol. The summed E-state index contributed by atoms with van der Waals surface area (Å²) in [4.78, 5) is 13.5. The number of hydrogen-bond acceptors (Lipinski definition) is 3. The summed E-state index contributed by atoms with van der Waals surface area (Å²) in [6.45, 7) is 1.90. The molecular formula is C19H18N2OS. The van der Waals surface area contributed by atoms with Crippen LogP contribution in [0.5, 0.6) is 0 Å². The Morgan fingerprint density at radius 2 is 1.78 bits per heavy atom. The molecule has 0 spiro atoms. The Hall–Kier alpha value is -2.46. The molecule has 0 saturated carbocycles. The van der Waals surface area contributed by atoms with Gasteiger partial charge in [0.2, 0.25) is 5.91 Å². The molecule has 3 aromatic rings. The van der Waals surface area contributed by atoms with Crippen LogP contribution in [0, 0.1) is 0 Å². The van der Waals surface area contributed by atoms with E-state index in [1.165, 1.54) is 11.8 Å². The van der Waals surface area contributed by atoms with Crippen molar-refractivity contribution >= 4 is 39.8 Å². The molecule has 23 heavy (non-hydrogen) atoms. The molecule has 1 atom stereocenters. The predicted octanol–water partition coefficient (Wildman–Crippen LogP) is 4.54. The lowest BCUT2D eigenvalue weighted by atomic mass is 10.1. The highest BCUT2D eigenvalue weighted by molar-refractivity contribution is 8.00. The fourth-order valence-electron chi connectivity index (χ4n) is 2.41. The number of amides is 1. The van der Waals surface area contributed by atoms with Gasteiger partial charge in [-0.15, -0.1) is 11.8 Å². The minimum atomic E-state index is -0.212. The van der Waals surface area contributed by atoms with Crippen molar-refractivity contribution < 1.29 is 4.79 Å². The summed E-state index contributed by atoms with van der Waals surface area (Å²) in [6.07, 6.45) is 0. The molecule has 0 radical (unpaired) electrons. The maximum Gasteiger partial charge on any atom is 0.237 e. The van der Waals surface area contributed by atoms with E-state index in [1.807, 2.05) is 73.7 Å². The quantitative estimate of drug-likeness (QED) is 0.547. The second kappa shape index (κ2) is 6.75. The van der Waals surface area contributed by atoms with Crippen molar-refractivity contribution in [3.8, 4) is 0 Å². The molecule has 0 saturated heterocycles. The van der Waals surface area contributed by atoms with Crippen LogP contribution in [0.3, 0.4) is 0 Å². The fraction of sp³-hybridized carbons (Fsp3) is 0.105. The fourth-order valence-corrected chi connectivity index (χ4v) is 3.35. The van der Waals surface area contributed by atoms with Crippen LogP contribution in [0.15, 0.2) is 71.6 Å². The second-order valence-corrected chi connectivity index (χ2v) is 6.76. The van der Waals surface area contributed by atoms with Gasteiger partial charge >= 0.3 is 0 Å². The number of fused-ring (bicyclic) bond motifs is 1. The van der Waals surface area contributed by atoms with Crippen molar-refractivity contribution in [3.63, 3.8) is 0 Å². The summed E-state index contributed by atoms with van der Waals surface area (Å²) in [5.74, 6) is -0.0197. The predicted molar refractivity (Wildman–Crippen MR) is 98.8 cm³/mol. The van der Waals surface area contributed by atoms with E-state index in [2.05, 4.69) is 5.32 Å². The third-order valence-corrected chi connectivity index (χ3v) is 4.68. The van der Waals surface area contributed by atoms with E-state index in [9.17, 15) is 4.79 Å². The number of rotatable bonds is 4. The van der Waals surface area contributed by atoms with Gasteiger partial charge in [0.1, 0.15) is 0 Å². The van der Waals surface area contributed by atoms with Crippen LogP contribution in [0.25, 0.3) is 10.8 Å². The third-order valence-electron chi connectivity index (χ3n) is 3.59. The number of hydrogen-bond donors (Lipinski definition) is 2. The summed E-state index contributed by atoms with van der Waals surface area (Å²) in [5.41, 5.74) is 7.33. The molecule has 0 aliphatic rings.